The number of carbonyl (C=O) groups excluding carboxylic acids is 1. The van der Waals surface area contributed by atoms with Crippen LogP contribution in [0.25, 0.3) is 22.6 Å². The predicted molar refractivity (Wildman–Crippen MR) is 167 cm³/mol. The normalized spacial score (nSPS) is 14.5. The van der Waals surface area contributed by atoms with Gasteiger partial charge in [0.1, 0.15) is 11.5 Å². The van der Waals surface area contributed by atoms with E-state index in [0.29, 0.717) is 35.6 Å². The van der Waals surface area contributed by atoms with Gasteiger partial charge in [0, 0.05) is 51.0 Å². The van der Waals surface area contributed by atoms with Gasteiger partial charge in [0.15, 0.2) is 17.0 Å². The SMILES string of the molecule is CN1CCN(Cc2ccc(NC(=O)c3cc(Oc4nc(-c5ccc(O)cc5)nc5c4ncn5C)ccc3Cl)cc2C(F)(F)F)CC1. The van der Waals surface area contributed by atoms with Gasteiger partial charge < -0.3 is 24.6 Å². The zero-order chi connectivity index (χ0) is 32.6. The molecule has 6 rings (SSSR count). The number of benzene rings is 3. The number of nitrogens with zero attached hydrogens (tertiary/aromatic N) is 6. The van der Waals surface area contributed by atoms with Gasteiger partial charge in [-0.3, -0.25) is 9.69 Å². The van der Waals surface area contributed by atoms with Gasteiger partial charge in [-0.25, -0.2) is 9.97 Å². The number of anilines is 1. The number of aromatic hydroxyl groups is 1. The summed E-state index contributed by atoms with van der Waals surface area (Å²) in [5.74, 6) is -0.0195. The number of imidazole rings is 1. The summed E-state index contributed by atoms with van der Waals surface area (Å²) in [5.41, 5.74) is 0.764. The zero-order valence-electron chi connectivity index (χ0n) is 24.8. The molecule has 1 fully saturated rings. The highest BCUT2D eigenvalue weighted by Crippen LogP contribution is 2.36. The minimum atomic E-state index is -4.61. The Labute approximate surface area is 267 Å². The Kier molecular flexibility index (Phi) is 8.55. The summed E-state index contributed by atoms with van der Waals surface area (Å²) in [6, 6.07) is 14.5. The molecule has 0 unspecified atom stereocenters. The number of nitrogens with one attached hydrogen (secondary N) is 1. The number of fused-ring (bicyclic) bond motifs is 1. The molecule has 0 aliphatic carbocycles. The molecular formula is C32H29ClF3N7O3. The lowest BCUT2D eigenvalue weighted by molar-refractivity contribution is -0.138. The van der Waals surface area contributed by atoms with Gasteiger partial charge >= 0.3 is 6.18 Å². The summed E-state index contributed by atoms with van der Waals surface area (Å²) in [6.45, 7) is 3.05. The van der Waals surface area contributed by atoms with Crippen molar-refractivity contribution in [2.24, 2.45) is 7.05 Å². The van der Waals surface area contributed by atoms with E-state index in [4.69, 9.17) is 16.3 Å². The molecule has 3 heterocycles. The maximum atomic E-state index is 14.1. The van der Waals surface area contributed by atoms with Crippen LogP contribution < -0.4 is 10.1 Å². The number of alkyl halides is 3. The predicted octanol–water partition coefficient (Wildman–Crippen LogP) is 6.20. The number of halogens is 4. The van der Waals surface area contributed by atoms with Crippen molar-refractivity contribution >= 4 is 34.4 Å². The number of carbonyl (C=O) groups is 1. The number of amides is 1. The highest BCUT2D eigenvalue weighted by Gasteiger charge is 2.34. The summed E-state index contributed by atoms with van der Waals surface area (Å²) in [7, 11) is 3.75. The summed E-state index contributed by atoms with van der Waals surface area (Å²) < 4.78 is 50.0. The maximum Gasteiger partial charge on any atom is 0.416 e. The van der Waals surface area contributed by atoms with Crippen LogP contribution in [0.1, 0.15) is 21.5 Å². The number of phenols is 1. The molecule has 46 heavy (non-hydrogen) atoms. The minimum Gasteiger partial charge on any atom is -0.508 e. The molecule has 2 aromatic heterocycles. The van der Waals surface area contributed by atoms with Crippen molar-refractivity contribution in [1.29, 1.82) is 0 Å². The van der Waals surface area contributed by atoms with E-state index in [2.05, 4.69) is 25.2 Å². The summed E-state index contributed by atoms with van der Waals surface area (Å²) in [5, 5.41) is 12.3. The van der Waals surface area contributed by atoms with Crippen LogP contribution in [-0.2, 0) is 19.8 Å². The van der Waals surface area contributed by atoms with E-state index in [1.165, 1.54) is 42.5 Å². The first-order valence-electron chi connectivity index (χ1n) is 14.3. The Morgan fingerprint density at radius 1 is 1.00 bits per heavy atom. The van der Waals surface area contributed by atoms with Crippen molar-refractivity contribution in [1.82, 2.24) is 29.3 Å². The lowest BCUT2D eigenvalue weighted by atomic mass is 10.0. The fraction of sp³-hybridized carbons (Fsp3) is 0.250. The molecule has 1 saturated heterocycles. The molecule has 3 aromatic carbocycles. The summed E-state index contributed by atoms with van der Waals surface area (Å²) in [4.78, 5) is 30.9. The highest BCUT2D eigenvalue weighted by atomic mass is 35.5. The molecule has 0 atom stereocenters. The number of likely N-dealkylation sites (N-methyl/N-ethyl adjacent to an activating group) is 1. The Bertz CT molecular complexity index is 1910. The van der Waals surface area contributed by atoms with Crippen LogP contribution in [-0.4, -0.2) is 73.6 Å². The molecule has 0 spiro atoms. The first kappa shape index (κ1) is 31.3. The molecule has 0 radical (unpaired) electrons. The summed E-state index contributed by atoms with van der Waals surface area (Å²) >= 11 is 6.36. The standard InChI is InChI=1S/C32H29ClF3N7O3/c1-41-11-13-43(14-12-41)17-20-3-6-21(15-25(20)32(34,35)36)38-30(45)24-16-23(9-10-26(24)33)46-31-27-29(42(2)18-37-27)39-28(40-31)19-4-7-22(44)8-5-19/h3-10,15-16,18,44H,11-14,17H2,1-2H3,(H,38,45). The Morgan fingerprint density at radius 2 is 1.74 bits per heavy atom. The van der Waals surface area contributed by atoms with Crippen molar-refractivity contribution in [2.45, 2.75) is 12.7 Å². The molecule has 5 aromatic rings. The third kappa shape index (κ3) is 6.76. The van der Waals surface area contributed by atoms with Crippen molar-refractivity contribution in [2.75, 3.05) is 38.5 Å². The number of aromatic nitrogens is 4. The van der Waals surface area contributed by atoms with E-state index in [1.807, 2.05) is 11.9 Å². The average Bonchev–Trinajstić information content (AvgIpc) is 3.40. The number of hydrogen-bond acceptors (Lipinski definition) is 8. The smallest absolute Gasteiger partial charge is 0.416 e. The quantitative estimate of drug-likeness (QED) is 0.214. The van der Waals surface area contributed by atoms with Gasteiger partial charge in [-0.05, 0) is 67.2 Å². The number of rotatable bonds is 7. The van der Waals surface area contributed by atoms with Crippen LogP contribution in [0, 0.1) is 0 Å². The monoisotopic (exact) mass is 651 g/mol. The minimum absolute atomic E-state index is 0.0145. The molecule has 2 N–H and O–H groups in total. The number of piperazine rings is 1. The van der Waals surface area contributed by atoms with Crippen molar-refractivity contribution in [3.63, 3.8) is 0 Å². The second kappa shape index (κ2) is 12.6. The van der Waals surface area contributed by atoms with E-state index in [-0.39, 0.29) is 45.8 Å². The average molecular weight is 652 g/mol. The van der Waals surface area contributed by atoms with Gasteiger partial charge in [0.05, 0.1) is 22.5 Å². The number of phenolic OH excluding ortho intramolecular Hbond substituents is 1. The van der Waals surface area contributed by atoms with Gasteiger partial charge in [-0.15, -0.1) is 0 Å². The molecule has 238 valence electrons. The molecular weight excluding hydrogens is 623 g/mol. The van der Waals surface area contributed by atoms with Crippen LogP contribution in [0.2, 0.25) is 5.02 Å². The van der Waals surface area contributed by atoms with E-state index >= 15 is 0 Å². The van der Waals surface area contributed by atoms with Crippen LogP contribution in [0.5, 0.6) is 17.4 Å². The number of ether oxygens (including phenoxy) is 1. The highest BCUT2D eigenvalue weighted by molar-refractivity contribution is 6.34. The second-order valence-corrected chi connectivity index (χ2v) is 11.5. The van der Waals surface area contributed by atoms with Crippen molar-refractivity contribution < 1.29 is 27.8 Å². The Hall–Kier alpha value is -4.72. The summed E-state index contributed by atoms with van der Waals surface area (Å²) in [6.07, 6.45) is -3.06. The molecule has 10 nitrogen and oxygen atoms in total. The number of aryl methyl sites for hydroxylation is 1. The molecule has 0 saturated carbocycles. The zero-order valence-corrected chi connectivity index (χ0v) is 25.6. The van der Waals surface area contributed by atoms with Crippen LogP contribution in [0.4, 0.5) is 18.9 Å². The first-order chi connectivity index (χ1) is 21.9. The maximum absolute atomic E-state index is 14.1. The van der Waals surface area contributed by atoms with Crippen LogP contribution in [0.15, 0.2) is 67.0 Å². The molecule has 1 aliphatic rings. The third-order valence-electron chi connectivity index (χ3n) is 7.71. The van der Waals surface area contributed by atoms with Crippen molar-refractivity contribution in [3.05, 3.63) is 88.7 Å². The van der Waals surface area contributed by atoms with Gasteiger partial charge in [-0.2, -0.15) is 18.2 Å². The van der Waals surface area contributed by atoms with E-state index in [1.54, 1.807) is 30.1 Å². The van der Waals surface area contributed by atoms with Crippen LogP contribution >= 0.6 is 11.6 Å². The fourth-order valence-electron chi connectivity index (χ4n) is 5.15. The largest absolute Gasteiger partial charge is 0.508 e. The second-order valence-electron chi connectivity index (χ2n) is 11.1. The molecule has 1 aliphatic heterocycles. The molecule has 0 bridgehead atoms. The lowest BCUT2D eigenvalue weighted by Crippen LogP contribution is -2.44. The fourth-order valence-corrected chi connectivity index (χ4v) is 5.35. The van der Waals surface area contributed by atoms with Crippen LogP contribution in [0.3, 0.4) is 0 Å². The van der Waals surface area contributed by atoms with Gasteiger partial charge in [0.25, 0.3) is 11.8 Å². The van der Waals surface area contributed by atoms with Crippen molar-refractivity contribution in [3.8, 4) is 28.8 Å². The van der Waals surface area contributed by atoms with Gasteiger partial charge in [0.2, 0.25) is 0 Å². The van der Waals surface area contributed by atoms with E-state index in [0.717, 1.165) is 19.2 Å². The molecule has 1 amide bonds. The van der Waals surface area contributed by atoms with Gasteiger partial charge in [-0.1, -0.05) is 17.7 Å². The van der Waals surface area contributed by atoms with E-state index in [9.17, 15) is 23.1 Å². The molecule has 14 heteroatoms. The topological polar surface area (TPSA) is 109 Å². The Morgan fingerprint density at radius 3 is 2.46 bits per heavy atom. The Balaban J connectivity index is 1.25. The van der Waals surface area contributed by atoms with E-state index < -0.39 is 17.6 Å². The first-order valence-corrected chi connectivity index (χ1v) is 14.7. The lowest BCUT2D eigenvalue weighted by Gasteiger charge is -2.33. The third-order valence-corrected chi connectivity index (χ3v) is 8.04. The number of hydrogen-bond donors (Lipinski definition) is 2.